The van der Waals surface area contributed by atoms with E-state index < -0.39 is 5.79 Å². The first-order valence-electron chi connectivity index (χ1n) is 8.17. The number of nitrogens with one attached hydrogen (secondary N) is 2. The molecule has 0 aliphatic carbocycles. The van der Waals surface area contributed by atoms with E-state index >= 15 is 0 Å². The second-order valence-electron chi connectivity index (χ2n) is 6.41. The van der Waals surface area contributed by atoms with Gasteiger partial charge in [0.25, 0.3) is 0 Å². The fraction of sp³-hybridized carbons (Fsp3) is 0.444. The van der Waals surface area contributed by atoms with Crippen molar-refractivity contribution in [3.05, 3.63) is 35.2 Å². The number of carbonyl (C=O) groups is 1. The summed E-state index contributed by atoms with van der Waals surface area (Å²) in [6.45, 7) is 9.60. The number of hydrogen-bond donors (Lipinski definition) is 2. The number of aromatic nitrogens is 2. The second kappa shape index (κ2) is 5.85. The normalized spacial score (nSPS) is 20.0. The molecule has 2 heterocycles. The van der Waals surface area contributed by atoms with Crippen LogP contribution in [0.1, 0.15) is 50.1 Å². The quantitative estimate of drug-likeness (QED) is 0.897. The number of ether oxygens (including phenoxy) is 2. The molecular formula is C18H23N3O3. The fourth-order valence-corrected chi connectivity index (χ4v) is 2.96. The molecule has 6 nitrogen and oxygen atoms in total. The summed E-state index contributed by atoms with van der Waals surface area (Å²) in [4.78, 5) is 12.6. The lowest BCUT2D eigenvalue weighted by atomic mass is 9.98. The summed E-state index contributed by atoms with van der Waals surface area (Å²) in [7, 11) is 0. The number of rotatable bonds is 4. The van der Waals surface area contributed by atoms with Gasteiger partial charge in [-0.3, -0.25) is 9.89 Å². The van der Waals surface area contributed by atoms with Crippen molar-refractivity contribution < 1.29 is 14.3 Å². The third-order valence-corrected chi connectivity index (χ3v) is 4.52. The standard InChI is InChI=1S/C18H23N3O3/c1-6-18(5)23-14-8-7-13(9-15(14)24-18)19-17(22)10(2)16-11(3)20-21-12(16)4/h7-10H,6H2,1-5H3,(H,19,22)(H,20,21)/t10-,18+/m0/s1. The summed E-state index contributed by atoms with van der Waals surface area (Å²) >= 11 is 0. The van der Waals surface area contributed by atoms with Crippen LogP contribution in [0.5, 0.6) is 11.5 Å². The van der Waals surface area contributed by atoms with Crippen LogP contribution in [0.25, 0.3) is 0 Å². The van der Waals surface area contributed by atoms with E-state index in [1.165, 1.54) is 0 Å². The van der Waals surface area contributed by atoms with Crippen LogP contribution < -0.4 is 14.8 Å². The SMILES string of the molecule is CC[C@]1(C)Oc2ccc(NC(=O)[C@@H](C)c3c(C)n[nH]c3C)cc2O1. The summed E-state index contributed by atoms with van der Waals surface area (Å²) in [5.41, 5.74) is 3.39. The zero-order chi connectivity index (χ0) is 17.5. The summed E-state index contributed by atoms with van der Waals surface area (Å²) in [5, 5.41) is 10.0. The molecule has 3 rings (SSSR count). The van der Waals surface area contributed by atoms with Crippen molar-refractivity contribution >= 4 is 11.6 Å². The van der Waals surface area contributed by atoms with E-state index in [2.05, 4.69) is 15.5 Å². The van der Waals surface area contributed by atoms with Gasteiger partial charge in [0.1, 0.15) is 0 Å². The van der Waals surface area contributed by atoms with Crippen molar-refractivity contribution in [2.45, 2.75) is 52.7 Å². The Bertz CT molecular complexity index is 764. The van der Waals surface area contributed by atoms with Crippen molar-refractivity contribution in [3.8, 4) is 11.5 Å². The minimum Gasteiger partial charge on any atom is -0.449 e. The van der Waals surface area contributed by atoms with Gasteiger partial charge in [-0.1, -0.05) is 6.92 Å². The lowest BCUT2D eigenvalue weighted by Gasteiger charge is -2.20. The van der Waals surface area contributed by atoms with Gasteiger partial charge in [0, 0.05) is 36.4 Å². The minimum atomic E-state index is -0.636. The van der Waals surface area contributed by atoms with Crippen LogP contribution in [0.15, 0.2) is 18.2 Å². The number of hydrogen-bond acceptors (Lipinski definition) is 4. The van der Waals surface area contributed by atoms with E-state index in [1.54, 1.807) is 6.07 Å². The van der Waals surface area contributed by atoms with Crippen LogP contribution in [0.3, 0.4) is 0 Å². The molecule has 0 bridgehead atoms. The number of aryl methyl sites for hydroxylation is 2. The van der Waals surface area contributed by atoms with Crippen molar-refractivity contribution in [2.75, 3.05) is 5.32 Å². The first-order valence-corrected chi connectivity index (χ1v) is 8.17. The Balaban J connectivity index is 1.76. The maximum atomic E-state index is 12.6. The summed E-state index contributed by atoms with van der Waals surface area (Å²) in [5.74, 6) is 0.339. The van der Waals surface area contributed by atoms with Gasteiger partial charge in [-0.2, -0.15) is 5.10 Å². The monoisotopic (exact) mass is 329 g/mol. The largest absolute Gasteiger partial charge is 0.449 e. The topological polar surface area (TPSA) is 76.2 Å². The number of nitrogens with zero attached hydrogens (tertiary/aromatic N) is 1. The third kappa shape index (κ3) is 2.84. The van der Waals surface area contributed by atoms with Gasteiger partial charge in [0.15, 0.2) is 11.5 Å². The highest BCUT2D eigenvalue weighted by Crippen LogP contribution is 2.42. The molecule has 0 spiro atoms. The van der Waals surface area contributed by atoms with Crippen LogP contribution in [-0.2, 0) is 4.79 Å². The molecule has 2 aromatic rings. The van der Waals surface area contributed by atoms with Crippen molar-refractivity contribution in [1.29, 1.82) is 0 Å². The van der Waals surface area contributed by atoms with Crippen molar-refractivity contribution in [2.24, 2.45) is 0 Å². The predicted molar refractivity (Wildman–Crippen MR) is 91.5 cm³/mol. The fourth-order valence-electron chi connectivity index (χ4n) is 2.96. The summed E-state index contributed by atoms with van der Waals surface area (Å²) in [6, 6.07) is 5.45. The average Bonchev–Trinajstić information content (AvgIpc) is 3.05. The lowest BCUT2D eigenvalue weighted by molar-refractivity contribution is -0.117. The molecule has 1 amide bonds. The second-order valence-corrected chi connectivity index (χ2v) is 6.41. The number of anilines is 1. The minimum absolute atomic E-state index is 0.0836. The molecule has 1 aromatic heterocycles. The number of amides is 1. The number of benzene rings is 1. The Morgan fingerprint density at radius 2 is 2.04 bits per heavy atom. The third-order valence-electron chi connectivity index (χ3n) is 4.52. The molecule has 2 N–H and O–H groups in total. The Kier molecular flexibility index (Phi) is 3.99. The molecule has 24 heavy (non-hydrogen) atoms. The van der Waals surface area contributed by atoms with Crippen LogP contribution in [0.2, 0.25) is 0 Å². The molecule has 1 aliphatic rings. The van der Waals surface area contributed by atoms with Gasteiger partial charge >= 0.3 is 0 Å². The Labute approximate surface area is 141 Å². The molecule has 0 unspecified atom stereocenters. The molecule has 0 fully saturated rings. The van der Waals surface area contributed by atoms with Crippen LogP contribution >= 0.6 is 0 Å². The van der Waals surface area contributed by atoms with Crippen LogP contribution in [0.4, 0.5) is 5.69 Å². The molecule has 2 atom stereocenters. The first kappa shape index (κ1) is 16.4. The first-order chi connectivity index (χ1) is 11.3. The molecule has 1 aromatic carbocycles. The van der Waals surface area contributed by atoms with Gasteiger partial charge in [-0.15, -0.1) is 0 Å². The van der Waals surface area contributed by atoms with Gasteiger partial charge in [0.2, 0.25) is 11.7 Å². The Morgan fingerprint density at radius 1 is 1.33 bits per heavy atom. The van der Waals surface area contributed by atoms with E-state index in [-0.39, 0.29) is 11.8 Å². The summed E-state index contributed by atoms with van der Waals surface area (Å²) in [6.07, 6.45) is 0.736. The van der Waals surface area contributed by atoms with E-state index in [4.69, 9.17) is 9.47 Å². The summed E-state index contributed by atoms with van der Waals surface area (Å²) < 4.78 is 11.6. The van der Waals surface area contributed by atoms with Gasteiger partial charge in [-0.05, 0) is 32.9 Å². The smallest absolute Gasteiger partial charge is 0.248 e. The number of aromatic amines is 1. The van der Waals surface area contributed by atoms with Gasteiger partial charge in [-0.25, -0.2) is 0 Å². The van der Waals surface area contributed by atoms with E-state index in [1.807, 2.05) is 46.8 Å². The number of fused-ring (bicyclic) bond motifs is 1. The Hall–Kier alpha value is -2.50. The molecule has 0 saturated carbocycles. The predicted octanol–water partition coefficient (Wildman–Crippen LogP) is 3.67. The maximum Gasteiger partial charge on any atom is 0.248 e. The zero-order valence-corrected chi connectivity index (χ0v) is 14.7. The van der Waals surface area contributed by atoms with E-state index in [9.17, 15) is 4.79 Å². The molecule has 6 heteroatoms. The molecule has 1 aliphatic heterocycles. The number of H-pyrrole nitrogens is 1. The van der Waals surface area contributed by atoms with E-state index in [0.29, 0.717) is 17.2 Å². The van der Waals surface area contributed by atoms with Crippen LogP contribution in [-0.4, -0.2) is 21.9 Å². The lowest BCUT2D eigenvalue weighted by Crippen LogP contribution is -2.33. The highest BCUT2D eigenvalue weighted by molar-refractivity contribution is 5.96. The maximum absolute atomic E-state index is 12.6. The molecule has 128 valence electrons. The molecular weight excluding hydrogens is 306 g/mol. The molecule has 0 radical (unpaired) electrons. The van der Waals surface area contributed by atoms with Gasteiger partial charge in [0.05, 0.1) is 11.6 Å². The van der Waals surface area contributed by atoms with Crippen molar-refractivity contribution in [3.63, 3.8) is 0 Å². The number of carbonyl (C=O) groups excluding carboxylic acids is 1. The molecule has 0 saturated heterocycles. The Morgan fingerprint density at radius 3 is 2.67 bits per heavy atom. The average molecular weight is 329 g/mol. The highest BCUT2D eigenvalue weighted by Gasteiger charge is 2.35. The van der Waals surface area contributed by atoms with E-state index in [0.717, 1.165) is 23.4 Å². The zero-order valence-electron chi connectivity index (χ0n) is 14.7. The highest BCUT2D eigenvalue weighted by atomic mass is 16.7. The van der Waals surface area contributed by atoms with Crippen molar-refractivity contribution in [1.82, 2.24) is 10.2 Å². The van der Waals surface area contributed by atoms with Crippen LogP contribution in [0, 0.1) is 13.8 Å². The van der Waals surface area contributed by atoms with Gasteiger partial charge < -0.3 is 14.8 Å².